The molecule has 1 N–H and O–H groups in total. The highest BCUT2D eigenvalue weighted by Gasteiger charge is 2.27. The first-order chi connectivity index (χ1) is 9.26. The number of ether oxygens (including phenoxy) is 3. The van der Waals surface area contributed by atoms with Gasteiger partial charge in [-0.1, -0.05) is 18.2 Å². The first-order valence-corrected chi connectivity index (χ1v) is 6.31. The lowest BCUT2D eigenvalue weighted by Gasteiger charge is -2.25. The Hall–Kier alpha value is -1.59. The number of fused-ring (bicyclic) bond motifs is 1. The number of nitrogens with one attached hydrogen (secondary N) is 1. The Labute approximate surface area is 112 Å². The first kappa shape index (κ1) is 13.8. The third kappa shape index (κ3) is 3.24. The smallest absolute Gasteiger partial charge is 0.227 e. The summed E-state index contributed by atoms with van der Waals surface area (Å²) in [6.07, 6.45) is 0.270. The van der Waals surface area contributed by atoms with Gasteiger partial charge >= 0.3 is 0 Å². The summed E-state index contributed by atoms with van der Waals surface area (Å²) in [4.78, 5) is 12.2. The Morgan fingerprint density at radius 2 is 2.16 bits per heavy atom. The molecule has 0 fully saturated rings. The lowest BCUT2D eigenvalue weighted by atomic mass is 9.92. The van der Waals surface area contributed by atoms with Crippen molar-refractivity contribution in [2.45, 2.75) is 18.6 Å². The molecular formula is C14H19NO4. The van der Waals surface area contributed by atoms with Crippen molar-refractivity contribution in [2.24, 2.45) is 0 Å². The molecule has 0 aromatic heterocycles. The molecule has 1 heterocycles. The Balaban J connectivity index is 2.01. The standard InChI is InChI=1S/C14H19NO4/c1-17-13(18-2)9-15-14(16)11-7-8-19-12-6-4-3-5-10(11)12/h3-6,11,13H,7-9H2,1-2H3,(H,15,16). The second-order valence-electron chi connectivity index (χ2n) is 4.37. The van der Waals surface area contributed by atoms with Crippen molar-refractivity contribution in [3.8, 4) is 5.75 Å². The van der Waals surface area contributed by atoms with Gasteiger partial charge in [0.25, 0.3) is 0 Å². The topological polar surface area (TPSA) is 56.8 Å². The summed E-state index contributed by atoms with van der Waals surface area (Å²) in [5.74, 6) is 0.609. The molecule has 0 spiro atoms. The Morgan fingerprint density at radius 1 is 1.42 bits per heavy atom. The fourth-order valence-corrected chi connectivity index (χ4v) is 2.18. The van der Waals surface area contributed by atoms with E-state index in [0.29, 0.717) is 19.6 Å². The minimum atomic E-state index is -0.418. The molecule has 19 heavy (non-hydrogen) atoms. The molecule has 1 aromatic rings. The molecule has 1 aromatic carbocycles. The zero-order chi connectivity index (χ0) is 13.7. The molecule has 1 unspecified atom stereocenters. The molecule has 1 aliphatic heterocycles. The van der Waals surface area contributed by atoms with Gasteiger partial charge in [0.2, 0.25) is 5.91 Å². The molecule has 5 nitrogen and oxygen atoms in total. The number of hydrogen-bond donors (Lipinski definition) is 1. The second-order valence-corrected chi connectivity index (χ2v) is 4.37. The van der Waals surface area contributed by atoms with Crippen LogP contribution in [0.4, 0.5) is 0 Å². The van der Waals surface area contributed by atoms with Crippen LogP contribution in [0.25, 0.3) is 0 Å². The molecule has 0 aliphatic carbocycles. The molecule has 1 aliphatic rings. The predicted octanol–water partition coefficient (Wildman–Crippen LogP) is 1.29. The van der Waals surface area contributed by atoms with E-state index in [-0.39, 0.29) is 11.8 Å². The maximum atomic E-state index is 12.2. The summed E-state index contributed by atoms with van der Waals surface area (Å²) < 4.78 is 15.6. The third-order valence-corrected chi connectivity index (χ3v) is 3.24. The number of amides is 1. The average Bonchev–Trinajstić information content (AvgIpc) is 2.47. The largest absolute Gasteiger partial charge is 0.493 e. The summed E-state index contributed by atoms with van der Waals surface area (Å²) in [7, 11) is 3.09. The quantitative estimate of drug-likeness (QED) is 0.815. The molecule has 5 heteroatoms. The van der Waals surface area contributed by atoms with Crippen LogP contribution in [0.2, 0.25) is 0 Å². The number of rotatable bonds is 5. The molecule has 1 amide bonds. The fraction of sp³-hybridized carbons (Fsp3) is 0.500. The Kier molecular flexibility index (Phi) is 4.76. The van der Waals surface area contributed by atoms with Gasteiger partial charge in [0.05, 0.1) is 19.1 Å². The lowest BCUT2D eigenvalue weighted by Crippen LogP contribution is -2.38. The molecule has 0 bridgehead atoms. The SMILES string of the molecule is COC(CNC(=O)C1CCOc2ccccc21)OC. The summed E-state index contributed by atoms with van der Waals surface area (Å²) in [6, 6.07) is 7.65. The number of benzene rings is 1. The maximum Gasteiger partial charge on any atom is 0.227 e. The lowest BCUT2D eigenvalue weighted by molar-refractivity contribution is -0.129. The summed E-state index contributed by atoms with van der Waals surface area (Å²) >= 11 is 0. The number of methoxy groups -OCH3 is 2. The number of hydrogen-bond acceptors (Lipinski definition) is 4. The van der Waals surface area contributed by atoms with Crippen molar-refractivity contribution in [3.05, 3.63) is 29.8 Å². The van der Waals surface area contributed by atoms with Crippen LogP contribution in [0.3, 0.4) is 0 Å². The summed E-state index contributed by atoms with van der Waals surface area (Å²) in [5, 5.41) is 2.85. The van der Waals surface area contributed by atoms with Gasteiger partial charge in [-0.3, -0.25) is 4.79 Å². The molecule has 0 saturated heterocycles. The number of carbonyl (C=O) groups excluding carboxylic acids is 1. The molecule has 0 radical (unpaired) electrons. The third-order valence-electron chi connectivity index (χ3n) is 3.24. The van der Waals surface area contributed by atoms with Gasteiger partial charge in [-0.2, -0.15) is 0 Å². The van der Waals surface area contributed by atoms with Gasteiger partial charge in [-0.15, -0.1) is 0 Å². The van der Waals surface area contributed by atoms with Gasteiger partial charge in [-0.25, -0.2) is 0 Å². The van der Waals surface area contributed by atoms with Crippen LogP contribution >= 0.6 is 0 Å². The van der Waals surface area contributed by atoms with Crippen LogP contribution in [0.5, 0.6) is 5.75 Å². The molecule has 104 valence electrons. The van der Waals surface area contributed by atoms with E-state index in [1.54, 1.807) is 14.2 Å². The van der Waals surface area contributed by atoms with E-state index in [4.69, 9.17) is 14.2 Å². The van der Waals surface area contributed by atoms with E-state index < -0.39 is 6.29 Å². The fourth-order valence-electron chi connectivity index (χ4n) is 2.18. The van der Waals surface area contributed by atoms with Crippen molar-refractivity contribution in [1.82, 2.24) is 5.32 Å². The van der Waals surface area contributed by atoms with Crippen LogP contribution < -0.4 is 10.1 Å². The van der Waals surface area contributed by atoms with Crippen LogP contribution in [0.1, 0.15) is 17.9 Å². The van der Waals surface area contributed by atoms with Crippen LogP contribution in [0.15, 0.2) is 24.3 Å². The van der Waals surface area contributed by atoms with Crippen molar-refractivity contribution in [1.29, 1.82) is 0 Å². The van der Waals surface area contributed by atoms with E-state index in [1.807, 2.05) is 24.3 Å². The Bertz CT molecular complexity index is 431. The first-order valence-electron chi connectivity index (χ1n) is 6.31. The molecule has 2 rings (SSSR count). The number of carbonyl (C=O) groups is 1. The van der Waals surface area contributed by atoms with E-state index >= 15 is 0 Å². The molecular weight excluding hydrogens is 246 g/mol. The average molecular weight is 265 g/mol. The van der Waals surface area contributed by atoms with E-state index in [0.717, 1.165) is 11.3 Å². The van der Waals surface area contributed by atoms with Crippen molar-refractivity contribution >= 4 is 5.91 Å². The van der Waals surface area contributed by atoms with Crippen molar-refractivity contribution in [2.75, 3.05) is 27.4 Å². The van der Waals surface area contributed by atoms with E-state index in [1.165, 1.54) is 0 Å². The number of para-hydroxylation sites is 1. The minimum absolute atomic E-state index is 0.0187. The zero-order valence-electron chi connectivity index (χ0n) is 11.2. The highest BCUT2D eigenvalue weighted by molar-refractivity contribution is 5.84. The molecule has 1 atom stereocenters. The highest BCUT2D eigenvalue weighted by Crippen LogP contribution is 2.33. The summed E-state index contributed by atoms with van der Waals surface area (Å²) in [6.45, 7) is 0.901. The van der Waals surface area contributed by atoms with Gasteiger partial charge in [0, 0.05) is 19.8 Å². The van der Waals surface area contributed by atoms with Crippen LogP contribution in [0, 0.1) is 0 Å². The zero-order valence-corrected chi connectivity index (χ0v) is 11.2. The minimum Gasteiger partial charge on any atom is -0.493 e. The predicted molar refractivity (Wildman–Crippen MR) is 70.1 cm³/mol. The Morgan fingerprint density at radius 3 is 2.89 bits per heavy atom. The molecule has 0 saturated carbocycles. The normalized spacial score (nSPS) is 17.7. The second kappa shape index (κ2) is 6.54. The maximum absolute atomic E-state index is 12.2. The summed E-state index contributed by atoms with van der Waals surface area (Å²) in [5.41, 5.74) is 0.942. The van der Waals surface area contributed by atoms with Gasteiger partial charge in [0.15, 0.2) is 6.29 Å². The van der Waals surface area contributed by atoms with E-state index in [9.17, 15) is 4.79 Å². The van der Waals surface area contributed by atoms with Crippen molar-refractivity contribution in [3.63, 3.8) is 0 Å². The van der Waals surface area contributed by atoms with Gasteiger partial charge in [-0.05, 0) is 12.5 Å². The van der Waals surface area contributed by atoms with Crippen LogP contribution in [-0.2, 0) is 14.3 Å². The van der Waals surface area contributed by atoms with Crippen LogP contribution in [-0.4, -0.2) is 39.6 Å². The monoisotopic (exact) mass is 265 g/mol. The van der Waals surface area contributed by atoms with Gasteiger partial charge < -0.3 is 19.5 Å². The highest BCUT2D eigenvalue weighted by atomic mass is 16.7. The van der Waals surface area contributed by atoms with E-state index in [2.05, 4.69) is 5.32 Å². The van der Waals surface area contributed by atoms with Crippen molar-refractivity contribution < 1.29 is 19.0 Å². The van der Waals surface area contributed by atoms with Gasteiger partial charge in [0.1, 0.15) is 5.75 Å².